The smallest absolute Gasteiger partial charge is 0.238 e. The van der Waals surface area contributed by atoms with E-state index >= 15 is 0 Å². The second kappa shape index (κ2) is 5.61. The van der Waals surface area contributed by atoms with Gasteiger partial charge in [0.05, 0.1) is 20.7 Å². The second-order valence-corrected chi connectivity index (χ2v) is 5.70. The Kier molecular flexibility index (Phi) is 4.32. The Labute approximate surface area is 130 Å². The van der Waals surface area contributed by atoms with Gasteiger partial charge in [-0.05, 0) is 37.9 Å². The second-order valence-electron chi connectivity index (χ2n) is 3.18. The van der Waals surface area contributed by atoms with Crippen LogP contribution in [-0.4, -0.2) is 9.97 Å². The third-order valence-corrected chi connectivity index (χ3v) is 3.95. The fourth-order valence-corrected chi connectivity index (χ4v) is 2.23. The predicted octanol–water partition coefficient (Wildman–Crippen LogP) is 4.68. The maximum absolute atomic E-state index is 6.04. The zero-order valence-electron chi connectivity index (χ0n) is 8.62. The van der Waals surface area contributed by atoms with Crippen molar-refractivity contribution < 1.29 is 4.74 Å². The van der Waals surface area contributed by atoms with E-state index in [2.05, 4.69) is 41.8 Å². The van der Waals surface area contributed by atoms with Gasteiger partial charge in [0.15, 0.2) is 0 Å². The Morgan fingerprint density at radius 3 is 2.56 bits per heavy atom. The third-order valence-electron chi connectivity index (χ3n) is 1.91. The highest BCUT2D eigenvalue weighted by atomic mass is 79.9. The quantitative estimate of drug-likeness (QED) is 0.726. The molecule has 2 rings (SSSR count). The summed E-state index contributed by atoms with van der Waals surface area (Å²) in [6, 6.07) is 3.22. The molecule has 0 saturated heterocycles. The summed E-state index contributed by atoms with van der Waals surface area (Å²) in [6.45, 7) is 0. The van der Waals surface area contributed by atoms with E-state index in [9.17, 15) is 0 Å². The van der Waals surface area contributed by atoms with E-state index in [1.165, 1.54) is 6.20 Å². The van der Waals surface area contributed by atoms with Crippen LogP contribution < -0.4 is 10.5 Å². The minimum atomic E-state index is 0.104. The highest BCUT2D eigenvalue weighted by Crippen LogP contribution is 2.37. The lowest BCUT2D eigenvalue weighted by Crippen LogP contribution is -1.97. The van der Waals surface area contributed by atoms with Gasteiger partial charge in [0.25, 0.3) is 0 Å². The van der Waals surface area contributed by atoms with E-state index in [1.54, 1.807) is 12.1 Å². The van der Waals surface area contributed by atoms with Crippen molar-refractivity contribution in [2.24, 2.45) is 0 Å². The van der Waals surface area contributed by atoms with Gasteiger partial charge in [-0.3, -0.25) is 0 Å². The highest BCUT2D eigenvalue weighted by Gasteiger charge is 2.11. The van der Waals surface area contributed by atoms with Crippen LogP contribution in [0.4, 0.5) is 5.95 Å². The molecule has 0 spiro atoms. The minimum Gasteiger partial charge on any atom is -0.436 e. The largest absolute Gasteiger partial charge is 0.436 e. The molecule has 8 heteroatoms. The van der Waals surface area contributed by atoms with Crippen molar-refractivity contribution in [3.8, 4) is 11.6 Å². The molecule has 0 atom stereocenters. The van der Waals surface area contributed by atoms with Crippen molar-refractivity contribution in [3.63, 3.8) is 0 Å². The fourth-order valence-electron chi connectivity index (χ4n) is 1.12. The average Bonchev–Trinajstić information content (AvgIpc) is 2.30. The van der Waals surface area contributed by atoms with Crippen LogP contribution in [-0.2, 0) is 0 Å². The van der Waals surface area contributed by atoms with Gasteiger partial charge in [0.1, 0.15) is 5.75 Å². The number of nitrogens with zero attached hydrogens (tertiary/aromatic N) is 2. The number of aromatic nitrogens is 2. The van der Waals surface area contributed by atoms with Crippen molar-refractivity contribution in [2.75, 3.05) is 5.73 Å². The van der Waals surface area contributed by atoms with Crippen molar-refractivity contribution in [1.29, 1.82) is 0 Å². The van der Waals surface area contributed by atoms with Gasteiger partial charge >= 0.3 is 0 Å². The number of nitrogens with two attached hydrogens (primary N) is 1. The van der Waals surface area contributed by atoms with Gasteiger partial charge in [-0.15, -0.1) is 0 Å². The summed E-state index contributed by atoms with van der Waals surface area (Å²) in [4.78, 5) is 7.75. The number of hydrogen-bond acceptors (Lipinski definition) is 4. The molecule has 0 aliphatic heterocycles. The fraction of sp³-hybridized carbons (Fsp3) is 0. The van der Waals surface area contributed by atoms with Gasteiger partial charge in [-0.2, -0.15) is 4.98 Å². The van der Waals surface area contributed by atoms with Gasteiger partial charge in [0, 0.05) is 10.5 Å². The molecular weight excluding hydrogens is 409 g/mol. The van der Waals surface area contributed by atoms with Crippen LogP contribution in [0.5, 0.6) is 11.6 Å². The molecular formula is C10H5Br2Cl2N3O. The van der Waals surface area contributed by atoms with Crippen molar-refractivity contribution in [1.82, 2.24) is 9.97 Å². The lowest BCUT2D eigenvalue weighted by molar-refractivity contribution is 0.459. The van der Waals surface area contributed by atoms with Crippen LogP contribution in [0.25, 0.3) is 0 Å². The van der Waals surface area contributed by atoms with E-state index in [0.717, 1.165) is 0 Å². The number of hydrogen-bond donors (Lipinski definition) is 1. The summed E-state index contributed by atoms with van der Waals surface area (Å²) < 4.78 is 6.79. The monoisotopic (exact) mass is 411 g/mol. The summed E-state index contributed by atoms with van der Waals surface area (Å²) >= 11 is 18.5. The van der Waals surface area contributed by atoms with E-state index in [1.807, 2.05) is 0 Å². The highest BCUT2D eigenvalue weighted by molar-refractivity contribution is 9.10. The molecule has 2 N–H and O–H groups in total. The summed E-state index contributed by atoms with van der Waals surface area (Å²) in [5.74, 6) is 0.749. The first kappa shape index (κ1) is 13.9. The van der Waals surface area contributed by atoms with Gasteiger partial charge in [0.2, 0.25) is 11.8 Å². The molecule has 0 amide bonds. The van der Waals surface area contributed by atoms with Crippen LogP contribution >= 0.6 is 55.1 Å². The van der Waals surface area contributed by atoms with Gasteiger partial charge in [-0.1, -0.05) is 23.2 Å². The summed E-state index contributed by atoms with van der Waals surface area (Å²) in [5, 5.41) is 0.878. The molecule has 1 aromatic heterocycles. The van der Waals surface area contributed by atoms with E-state index < -0.39 is 0 Å². The molecule has 1 aromatic carbocycles. The van der Waals surface area contributed by atoms with Crippen molar-refractivity contribution in [2.45, 2.75) is 0 Å². The van der Waals surface area contributed by atoms with Gasteiger partial charge < -0.3 is 10.5 Å². The van der Waals surface area contributed by atoms with Crippen LogP contribution in [0.15, 0.2) is 27.3 Å². The molecule has 94 valence electrons. The lowest BCUT2D eigenvalue weighted by atomic mass is 10.3. The molecule has 2 aromatic rings. The normalized spacial score (nSPS) is 10.4. The Bertz CT molecular complexity index is 610. The first-order valence-electron chi connectivity index (χ1n) is 4.58. The number of benzene rings is 1. The Morgan fingerprint density at radius 1 is 1.11 bits per heavy atom. The maximum atomic E-state index is 6.04. The summed E-state index contributed by atoms with van der Waals surface area (Å²) in [5.41, 5.74) is 5.48. The maximum Gasteiger partial charge on any atom is 0.238 e. The van der Waals surface area contributed by atoms with Crippen molar-refractivity contribution in [3.05, 3.63) is 37.3 Å². The third kappa shape index (κ3) is 3.06. The zero-order valence-corrected chi connectivity index (χ0v) is 13.3. The predicted molar refractivity (Wildman–Crippen MR) is 78.4 cm³/mol. The number of halogens is 4. The molecule has 0 fully saturated rings. The molecule has 4 nitrogen and oxygen atoms in total. The van der Waals surface area contributed by atoms with Crippen molar-refractivity contribution >= 4 is 61.0 Å². The molecule has 0 radical (unpaired) electrons. The Morgan fingerprint density at radius 2 is 1.83 bits per heavy atom. The number of ether oxygens (including phenoxy) is 1. The molecule has 0 unspecified atom stereocenters. The number of nitrogen functional groups attached to an aromatic ring is 1. The lowest BCUT2D eigenvalue weighted by Gasteiger charge is -2.09. The molecule has 0 aliphatic carbocycles. The van der Waals surface area contributed by atoms with Crippen LogP contribution in [0.2, 0.25) is 10.0 Å². The standard InChI is InChI=1S/C10H5Br2Cl2N3O/c11-4-1-7(14)8(2-6(4)13)18-9-5(12)3-16-10(15)17-9/h1-3H,(H2,15,16,17). The number of anilines is 1. The van der Waals surface area contributed by atoms with E-state index in [-0.39, 0.29) is 11.8 Å². The zero-order chi connectivity index (χ0) is 13.3. The summed E-state index contributed by atoms with van der Waals surface area (Å²) in [7, 11) is 0. The minimum absolute atomic E-state index is 0.104. The van der Waals surface area contributed by atoms with Crippen LogP contribution in [0, 0.1) is 0 Å². The first-order valence-corrected chi connectivity index (χ1v) is 6.92. The van der Waals surface area contributed by atoms with Gasteiger partial charge in [-0.25, -0.2) is 4.98 Å². The molecule has 0 saturated carbocycles. The van der Waals surface area contributed by atoms with E-state index in [4.69, 9.17) is 33.7 Å². The molecule has 0 bridgehead atoms. The molecule has 1 heterocycles. The molecule has 0 aliphatic rings. The van der Waals surface area contributed by atoms with Crippen LogP contribution in [0.3, 0.4) is 0 Å². The molecule has 18 heavy (non-hydrogen) atoms. The first-order chi connectivity index (χ1) is 8.47. The average molecular weight is 414 g/mol. The SMILES string of the molecule is Nc1ncc(Br)c(Oc2cc(Cl)c(Br)cc2Cl)n1. The Balaban J connectivity index is 2.40. The summed E-state index contributed by atoms with van der Waals surface area (Å²) in [6.07, 6.45) is 1.49. The van der Waals surface area contributed by atoms with Crippen LogP contribution in [0.1, 0.15) is 0 Å². The van der Waals surface area contributed by atoms with E-state index in [0.29, 0.717) is 24.7 Å². The Hall–Kier alpha value is -0.560. The number of rotatable bonds is 2. The topological polar surface area (TPSA) is 61.0 Å².